The number of benzene rings is 1. The summed E-state index contributed by atoms with van der Waals surface area (Å²) in [6.07, 6.45) is 5.68. The molecule has 5 heteroatoms. The van der Waals surface area contributed by atoms with Crippen molar-refractivity contribution in [3.8, 4) is 0 Å². The summed E-state index contributed by atoms with van der Waals surface area (Å²) in [6, 6.07) is 7.43. The third kappa shape index (κ3) is 2.60. The van der Waals surface area contributed by atoms with E-state index in [1.807, 2.05) is 18.2 Å². The number of rotatable bonds is 2. The second kappa shape index (κ2) is 5.51. The van der Waals surface area contributed by atoms with Crippen LogP contribution >= 0.6 is 11.6 Å². The van der Waals surface area contributed by atoms with Gasteiger partial charge in [-0.2, -0.15) is 0 Å². The van der Waals surface area contributed by atoms with Crippen LogP contribution in [0.3, 0.4) is 0 Å². The quantitative estimate of drug-likeness (QED) is 0.798. The van der Waals surface area contributed by atoms with E-state index in [0.717, 1.165) is 16.9 Å². The lowest BCUT2D eigenvalue weighted by atomic mass is 10.1. The van der Waals surface area contributed by atoms with Crippen LogP contribution in [0.5, 0.6) is 0 Å². The maximum Gasteiger partial charge on any atom is 0.246 e. The maximum absolute atomic E-state index is 12.2. The number of amides is 1. The Morgan fingerprint density at radius 1 is 1.40 bits per heavy atom. The smallest absolute Gasteiger partial charge is 0.246 e. The number of carbonyl (C=O) groups excluding carboxylic acids is 1. The molecule has 0 bridgehead atoms. The van der Waals surface area contributed by atoms with Gasteiger partial charge in [0.05, 0.1) is 12.7 Å². The van der Waals surface area contributed by atoms with Gasteiger partial charge in [-0.15, -0.1) is 0 Å². The lowest BCUT2D eigenvalue weighted by Gasteiger charge is -2.24. The number of halogens is 1. The second-order valence-electron chi connectivity index (χ2n) is 4.64. The van der Waals surface area contributed by atoms with Gasteiger partial charge in [-0.25, -0.2) is 0 Å². The van der Waals surface area contributed by atoms with Crippen molar-refractivity contribution in [2.24, 2.45) is 0 Å². The number of hydrogen-bond donors (Lipinski definition) is 0. The second-order valence-corrected chi connectivity index (χ2v) is 5.05. The molecular formula is C15H13ClN2O2. The minimum absolute atomic E-state index is 0.0308. The molecule has 0 saturated carbocycles. The van der Waals surface area contributed by atoms with E-state index in [1.54, 1.807) is 29.3 Å². The van der Waals surface area contributed by atoms with Gasteiger partial charge in [-0.05, 0) is 17.7 Å². The molecule has 102 valence electrons. The van der Waals surface area contributed by atoms with Crippen molar-refractivity contribution in [2.75, 3.05) is 6.54 Å². The van der Waals surface area contributed by atoms with Crippen LogP contribution in [0.25, 0.3) is 6.08 Å². The zero-order chi connectivity index (χ0) is 13.9. The van der Waals surface area contributed by atoms with Gasteiger partial charge in [0, 0.05) is 29.6 Å². The first-order chi connectivity index (χ1) is 9.74. The molecule has 1 aliphatic rings. The summed E-state index contributed by atoms with van der Waals surface area (Å²) in [5.74, 6) is 0.848. The van der Waals surface area contributed by atoms with E-state index in [4.69, 9.17) is 16.1 Å². The minimum atomic E-state index is -0.0308. The van der Waals surface area contributed by atoms with Crippen LogP contribution in [-0.4, -0.2) is 22.5 Å². The van der Waals surface area contributed by atoms with Gasteiger partial charge in [0.15, 0.2) is 0 Å². The molecule has 1 aliphatic heterocycles. The molecule has 2 aromatic rings. The zero-order valence-electron chi connectivity index (χ0n) is 10.8. The highest BCUT2D eigenvalue weighted by molar-refractivity contribution is 6.32. The summed E-state index contributed by atoms with van der Waals surface area (Å²) in [5, 5.41) is 4.39. The van der Waals surface area contributed by atoms with Crippen LogP contribution in [0.2, 0.25) is 5.02 Å². The van der Waals surface area contributed by atoms with Gasteiger partial charge in [0.1, 0.15) is 5.76 Å². The molecule has 0 saturated heterocycles. The predicted octanol–water partition coefficient (Wildman–Crippen LogP) is 2.93. The van der Waals surface area contributed by atoms with Crippen LogP contribution in [0.15, 0.2) is 41.1 Å². The predicted molar refractivity (Wildman–Crippen MR) is 76.1 cm³/mol. The third-order valence-corrected chi connectivity index (χ3v) is 3.67. The molecule has 20 heavy (non-hydrogen) atoms. The van der Waals surface area contributed by atoms with Crippen LogP contribution in [-0.2, 0) is 17.8 Å². The van der Waals surface area contributed by atoms with Crippen molar-refractivity contribution in [3.05, 3.63) is 58.4 Å². The Morgan fingerprint density at radius 2 is 2.25 bits per heavy atom. The molecule has 1 aromatic carbocycles. The number of nitrogens with zero attached hydrogens (tertiary/aromatic N) is 2. The van der Waals surface area contributed by atoms with Gasteiger partial charge < -0.3 is 9.42 Å². The minimum Gasteiger partial charge on any atom is -0.361 e. The number of aromatic nitrogens is 1. The molecule has 0 aliphatic carbocycles. The summed E-state index contributed by atoms with van der Waals surface area (Å²) in [6.45, 7) is 1.19. The van der Waals surface area contributed by atoms with Crippen molar-refractivity contribution < 1.29 is 9.32 Å². The topological polar surface area (TPSA) is 46.3 Å². The fourth-order valence-electron chi connectivity index (χ4n) is 2.21. The van der Waals surface area contributed by atoms with Crippen molar-refractivity contribution in [1.82, 2.24) is 10.1 Å². The Bertz CT molecular complexity index is 663. The Balaban J connectivity index is 1.70. The number of hydrogen-bond acceptors (Lipinski definition) is 3. The largest absolute Gasteiger partial charge is 0.361 e. The molecule has 0 atom stereocenters. The van der Waals surface area contributed by atoms with Crippen molar-refractivity contribution in [3.63, 3.8) is 0 Å². The van der Waals surface area contributed by atoms with Crippen molar-refractivity contribution >= 4 is 23.6 Å². The van der Waals surface area contributed by atoms with E-state index in [9.17, 15) is 4.79 Å². The average molecular weight is 289 g/mol. The first-order valence-corrected chi connectivity index (χ1v) is 6.76. The van der Waals surface area contributed by atoms with Gasteiger partial charge in [-0.1, -0.05) is 35.0 Å². The zero-order valence-corrected chi connectivity index (χ0v) is 11.5. The highest BCUT2D eigenvalue weighted by Gasteiger charge is 2.21. The van der Waals surface area contributed by atoms with E-state index in [0.29, 0.717) is 24.5 Å². The third-order valence-electron chi connectivity index (χ3n) is 3.32. The van der Waals surface area contributed by atoms with Gasteiger partial charge in [0.25, 0.3) is 0 Å². The molecule has 0 unspecified atom stereocenters. The van der Waals surface area contributed by atoms with E-state index in [1.165, 1.54) is 0 Å². The Labute approximate surface area is 121 Å². The van der Waals surface area contributed by atoms with E-state index in [2.05, 4.69) is 5.16 Å². The van der Waals surface area contributed by atoms with E-state index < -0.39 is 0 Å². The first kappa shape index (κ1) is 12.9. The number of fused-ring (bicyclic) bond motifs is 1. The Morgan fingerprint density at radius 3 is 3.10 bits per heavy atom. The molecule has 0 radical (unpaired) electrons. The van der Waals surface area contributed by atoms with Crippen LogP contribution < -0.4 is 0 Å². The molecule has 1 amide bonds. The Kier molecular flexibility index (Phi) is 3.56. The Hall–Kier alpha value is -2.07. The monoisotopic (exact) mass is 288 g/mol. The molecule has 4 nitrogen and oxygen atoms in total. The molecule has 3 rings (SSSR count). The lowest BCUT2D eigenvalue weighted by Crippen LogP contribution is -2.34. The first-order valence-electron chi connectivity index (χ1n) is 6.38. The van der Waals surface area contributed by atoms with Gasteiger partial charge in [-0.3, -0.25) is 4.79 Å². The maximum atomic E-state index is 12.2. The van der Waals surface area contributed by atoms with Crippen LogP contribution in [0.4, 0.5) is 0 Å². The fraction of sp³-hybridized carbons (Fsp3) is 0.200. The SMILES string of the molecule is O=C(/C=C/c1ccccc1Cl)N1CCc2oncc2C1. The summed E-state index contributed by atoms with van der Waals surface area (Å²) in [7, 11) is 0. The van der Waals surface area contributed by atoms with E-state index >= 15 is 0 Å². The molecule has 2 heterocycles. The molecule has 0 N–H and O–H groups in total. The summed E-state index contributed by atoms with van der Waals surface area (Å²) >= 11 is 6.05. The van der Waals surface area contributed by atoms with Gasteiger partial charge >= 0.3 is 0 Å². The lowest BCUT2D eigenvalue weighted by molar-refractivity contribution is -0.126. The summed E-state index contributed by atoms with van der Waals surface area (Å²) < 4.78 is 5.11. The van der Waals surface area contributed by atoms with Gasteiger partial charge in [0.2, 0.25) is 5.91 Å². The van der Waals surface area contributed by atoms with E-state index in [-0.39, 0.29) is 5.91 Å². The van der Waals surface area contributed by atoms with Crippen LogP contribution in [0.1, 0.15) is 16.9 Å². The molecule has 0 fully saturated rings. The molecule has 0 spiro atoms. The van der Waals surface area contributed by atoms with Crippen molar-refractivity contribution in [1.29, 1.82) is 0 Å². The summed E-state index contributed by atoms with van der Waals surface area (Å²) in [4.78, 5) is 13.9. The highest BCUT2D eigenvalue weighted by Crippen LogP contribution is 2.19. The standard InChI is InChI=1S/C15H13ClN2O2/c16-13-4-2-1-3-11(13)5-6-15(19)18-8-7-14-12(10-18)9-17-20-14/h1-6,9H,7-8,10H2/b6-5+. The number of carbonyl (C=O) groups is 1. The normalized spacial score (nSPS) is 14.6. The van der Waals surface area contributed by atoms with Crippen LogP contribution in [0, 0.1) is 0 Å². The molecular weight excluding hydrogens is 276 g/mol. The summed E-state index contributed by atoms with van der Waals surface area (Å²) in [5.41, 5.74) is 1.82. The van der Waals surface area contributed by atoms with Crippen molar-refractivity contribution in [2.45, 2.75) is 13.0 Å². The molecule has 1 aromatic heterocycles. The highest BCUT2D eigenvalue weighted by atomic mass is 35.5. The fourth-order valence-corrected chi connectivity index (χ4v) is 2.40. The average Bonchev–Trinajstić information content (AvgIpc) is 2.93.